The highest BCUT2D eigenvalue weighted by atomic mass is 16.3. The summed E-state index contributed by atoms with van der Waals surface area (Å²) in [5.74, 6) is 1.89. The summed E-state index contributed by atoms with van der Waals surface area (Å²) in [7, 11) is 3.55. The van der Waals surface area contributed by atoms with Crippen LogP contribution in [0.4, 0.5) is 4.79 Å². The molecule has 4 rings (SSSR count). The van der Waals surface area contributed by atoms with E-state index in [1.807, 2.05) is 4.90 Å². The zero-order valence-electron chi connectivity index (χ0n) is 15.5. The van der Waals surface area contributed by atoms with E-state index in [-0.39, 0.29) is 17.9 Å². The standard InChI is InChI=1S/C17H23N7O3/c1-21(2)17(26)22-5-3-12(4-6-22)15-20-19-14-9-23(7-8-24(14)15)16(25)13-10-27-11-18-13/h10-12H,3-9H2,1-2H3. The number of likely N-dealkylation sites (tertiary alicyclic amines) is 1. The second-order valence-corrected chi connectivity index (χ2v) is 7.16. The normalized spacial score (nSPS) is 17.7. The number of amides is 3. The van der Waals surface area contributed by atoms with Gasteiger partial charge in [0.15, 0.2) is 17.9 Å². The molecule has 2 aliphatic heterocycles. The van der Waals surface area contributed by atoms with Crippen LogP contribution in [0.15, 0.2) is 17.1 Å². The van der Waals surface area contributed by atoms with Crippen LogP contribution >= 0.6 is 0 Å². The number of hydrogen-bond acceptors (Lipinski definition) is 6. The van der Waals surface area contributed by atoms with Gasteiger partial charge in [0.1, 0.15) is 12.1 Å². The van der Waals surface area contributed by atoms with Crippen molar-refractivity contribution in [2.45, 2.75) is 31.8 Å². The molecule has 1 saturated heterocycles. The number of oxazole rings is 1. The number of piperidine rings is 1. The van der Waals surface area contributed by atoms with Gasteiger partial charge in [0, 0.05) is 46.2 Å². The van der Waals surface area contributed by atoms with Crippen LogP contribution in [0.2, 0.25) is 0 Å². The number of carbonyl (C=O) groups excluding carboxylic acids is 2. The molecule has 2 aromatic heterocycles. The Morgan fingerprint density at radius 1 is 1.11 bits per heavy atom. The third kappa shape index (κ3) is 3.26. The Balaban J connectivity index is 1.42. The summed E-state index contributed by atoms with van der Waals surface area (Å²) in [6.07, 6.45) is 4.36. The lowest BCUT2D eigenvalue weighted by atomic mass is 9.96. The van der Waals surface area contributed by atoms with Crippen molar-refractivity contribution < 1.29 is 14.0 Å². The van der Waals surface area contributed by atoms with E-state index in [4.69, 9.17) is 4.42 Å². The Morgan fingerprint density at radius 2 is 1.89 bits per heavy atom. The van der Waals surface area contributed by atoms with Crippen LogP contribution < -0.4 is 0 Å². The van der Waals surface area contributed by atoms with Crippen LogP contribution in [0.25, 0.3) is 0 Å². The first-order valence-corrected chi connectivity index (χ1v) is 9.10. The highest BCUT2D eigenvalue weighted by molar-refractivity contribution is 5.91. The third-order valence-corrected chi connectivity index (χ3v) is 5.23. The highest BCUT2D eigenvalue weighted by Crippen LogP contribution is 2.29. The topological polar surface area (TPSA) is 101 Å². The number of rotatable bonds is 2. The molecule has 0 bridgehead atoms. The van der Waals surface area contributed by atoms with Crippen LogP contribution in [0.3, 0.4) is 0 Å². The monoisotopic (exact) mass is 373 g/mol. The molecule has 144 valence electrons. The molecule has 0 unspecified atom stereocenters. The Hall–Kier alpha value is -2.91. The fourth-order valence-corrected chi connectivity index (χ4v) is 3.75. The fraction of sp³-hybridized carbons (Fsp3) is 0.588. The molecule has 0 aromatic carbocycles. The maximum absolute atomic E-state index is 12.4. The molecule has 0 atom stereocenters. The van der Waals surface area contributed by atoms with Gasteiger partial charge in [-0.15, -0.1) is 10.2 Å². The van der Waals surface area contributed by atoms with Crippen molar-refractivity contribution in [3.05, 3.63) is 30.0 Å². The largest absolute Gasteiger partial charge is 0.451 e. The summed E-state index contributed by atoms with van der Waals surface area (Å²) in [4.78, 5) is 33.7. The lowest BCUT2D eigenvalue weighted by Gasteiger charge is -2.34. The average molecular weight is 373 g/mol. The van der Waals surface area contributed by atoms with E-state index < -0.39 is 0 Å². The molecule has 10 heteroatoms. The quantitative estimate of drug-likeness (QED) is 0.771. The minimum absolute atomic E-state index is 0.0544. The third-order valence-electron chi connectivity index (χ3n) is 5.23. The fourth-order valence-electron chi connectivity index (χ4n) is 3.75. The lowest BCUT2D eigenvalue weighted by Crippen LogP contribution is -2.44. The van der Waals surface area contributed by atoms with Crippen LogP contribution in [-0.4, -0.2) is 80.1 Å². The summed E-state index contributed by atoms with van der Waals surface area (Å²) in [5, 5.41) is 8.72. The first-order chi connectivity index (χ1) is 13.0. The van der Waals surface area contributed by atoms with E-state index in [2.05, 4.69) is 19.7 Å². The molecule has 3 amide bonds. The van der Waals surface area contributed by atoms with Gasteiger partial charge in [-0.25, -0.2) is 9.78 Å². The zero-order chi connectivity index (χ0) is 19.0. The number of hydrogen-bond donors (Lipinski definition) is 0. The zero-order valence-corrected chi connectivity index (χ0v) is 15.5. The van der Waals surface area contributed by atoms with Crippen molar-refractivity contribution in [3.63, 3.8) is 0 Å². The van der Waals surface area contributed by atoms with Crippen molar-refractivity contribution in [1.82, 2.24) is 34.4 Å². The predicted octanol–water partition coefficient (Wildman–Crippen LogP) is 0.783. The lowest BCUT2D eigenvalue weighted by molar-refractivity contribution is 0.0699. The van der Waals surface area contributed by atoms with Crippen molar-refractivity contribution in [1.29, 1.82) is 0 Å². The molecule has 0 saturated carbocycles. The van der Waals surface area contributed by atoms with Crippen LogP contribution in [0.1, 0.15) is 40.9 Å². The second kappa shape index (κ2) is 7.01. The highest BCUT2D eigenvalue weighted by Gasteiger charge is 2.31. The number of urea groups is 1. The van der Waals surface area contributed by atoms with E-state index in [0.29, 0.717) is 25.3 Å². The minimum Gasteiger partial charge on any atom is -0.451 e. The van der Waals surface area contributed by atoms with E-state index in [1.165, 1.54) is 12.7 Å². The molecule has 0 N–H and O–H groups in total. The molecule has 0 radical (unpaired) electrons. The minimum atomic E-state index is -0.157. The van der Waals surface area contributed by atoms with E-state index in [9.17, 15) is 9.59 Å². The van der Waals surface area contributed by atoms with Crippen molar-refractivity contribution in [2.24, 2.45) is 0 Å². The Kier molecular flexibility index (Phi) is 4.54. The maximum atomic E-state index is 12.4. The van der Waals surface area contributed by atoms with Gasteiger partial charge < -0.3 is 23.7 Å². The van der Waals surface area contributed by atoms with Gasteiger partial charge >= 0.3 is 6.03 Å². The maximum Gasteiger partial charge on any atom is 0.319 e. The molecule has 4 heterocycles. The van der Waals surface area contributed by atoms with Crippen molar-refractivity contribution in [2.75, 3.05) is 33.7 Å². The summed E-state index contributed by atoms with van der Waals surface area (Å²) in [6.45, 7) is 3.11. The Morgan fingerprint density at radius 3 is 2.56 bits per heavy atom. The second-order valence-electron chi connectivity index (χ2n) is 7.16. The summed E-state index contributed by atoms with van der Waals surface area (Å²) in [6, 6.07) is 0.0544. The van der Waals surface area contributed by atoms with Gasteiger partial charge in [-0.3, -0.25) is 4.79 Å². The number of nitrogens with zero attached hydrogens (tertiary/aromatic N) is 7. The van der Waals surface area contributed by atoms with Crippen molar-refractivity contribution in [3.8, 4) is 0 Å². The Labute approximate surface area is 156 Å². The molecular weight excluding hydrogens is 350 g/mol. The number of fused-ring (bicyclic) bond motifs is 1. The van der Waals surface area contributed by atoms with E-state index in [0.717, 1.165) is 37.6 Å². The smallest absolute Gasteiger partial charge is 0.319 e. The first-order valence-electron chi connectivity index (χ1n) is 9.10. The Bertz CT molecular complexity index is 822. The SMILES string of the molecule is CN(C)C(=O)N1CCC(c2nnc3n2CCN(C(=O)c2cocn2)C3)CC1. The summed E-state index contributed by atoms with van der Waals surface area (Å²) < 4.78 is 7.02. The summed E-state index contributed by atoms with van der Waals surface area (Å²) in [5.41, 5.74) is 0.307. The van der Waals surface area contributed by atoms with Gasteiger partial charge in [0.25, 0.3) is 5.91 Å². The molecule has 1 fully saturated rings. The van der Waals surface area contributed by atoms with Crippen LogP contribution in [-0.2, 0) is 13.1 Å². The van der Waals surface area contributed by atoms with E-state index in [1.54, 1.807) is 23.9 Å². The van der Waals surface area contributed by atoms with Gasteiger partial charge in [0.2, 0.25) is 0 Å². The van der Waals surface area contributed by atoms with Crippen LogP contribution in [0, 0.1) is 0 Å². The molecular formula is C17H23N7O3. The predicted molar refractivity (Wildman–Crippen MR) is 93.9 cm³/mol. The van der Waals surface area contributed by atoms with Gasteiger partial charge in [-0.2, -0.15) is 0 Å². The van der Waals surface area contributed by atoms with Gasteiger partial charge in [-0.05, 0) is 12.8 Å². The van der Waals surface area contributed by atoms with E-state index >= 15 is 0 Å². The van der Waals surface area contributed by atoms with Crippen molar-refractivity contribution >= 4 is 11.9 Å². The first kappa shape index (κ1) is 17.5. The van der Waals surface area contributed by atoms with Gasteiger partial charge in [-0.1, -0.05) is 0 Å². The molecule has 2 aromatic rings. The average Bonchev–Trinajstić information content (AvgIpc) is 3.36. The number of carbonyl (C=O) groups is 2. The summed E-state index contributed by atoms with van der Waals surface area (Å²) >= 11 is 0. The number of aromatic nitrogens is 4. The molecule has 27 heavy (non-hydrogen) atoms. The molecule has 2 aliphatic rings. The van der Waals surface area contributed by atoms with Gasteiger partial charge in [0.05, 0.1) is 6.54 Å². The van der Waals surface area contributed by atoms with Crippen LogP contribution in [0.5, 0.6) is 0 Å². The molecule has 0 spiro atoms. The molecule has 10 nitrogen and oxygen atoms in total. The molecule has 0 aliphatic carbocycles.